The van der Waals surface area contributed by atoms with E-state index < -0.39 is 9.84 Å². The average Bonchev–Trinajstić information content (AvgIpc) is 2.52. The number of benzene rings is 2. The van der Waals surface area contributed by atoms with Gasteiger partial charge in [0.25, 0.3) is 0 Å². The highest BCUT2D eigenvalue weighted by Crippen LogP contribution is 2.21. The minimum absolute atomic E-state index is 0.0838. The van der Waals surface area contributed by atoms with E-state index in [-0.39, 0.29) is 10.8 Å². The Hall–Kier alpha value is -1.79. The van der Waals surface area contributed by atoms with Gasteiger partial charge in [-0.15, -0.1) is 11.8 Å². The van der Waals surface area contributed by atoms with E-state index in [1.165, 1.54) is 28.8 Å². The fraction of sp³-hybridized carbons (Fsp3) is 0.188. The number of carbonyl (C=O) groups excluding carboxylic acids is 1. The van der Waals surface area contributed by atoms with Crippen LogP contribution in [-0.2, 0) is 14.6 Å². The number of amides is 1. The van der Waals surface area contributed by atoms with E-state index in [9.17, 15) is 13.2 Å². The average molecular weight is 335 g/mol. The fourth-order valence-electron chi connectivity index (χ4n) is 1.83. The maximum absolute atomic E-state index is 12.2. The lowest BCUT2D eigenvalue weighted by Crippen LogP contribution is -2.28. The van der Waals surface area contributed by atoms with E-state index >= 15 is 0 Å². The molecule has 22 heavy (non-hydrogen) atoms. The molecule has 0 bridgehead atoms. The molecule has 0 saturated carbocycles. The maximum Gasteiger partial charge on any atom is 0.237 e. The van der Waals surface area contributed by atoms with Gasteiger partial charge in [0, 0.05) is 23.9 Å². The van der Waals surface area contributed by atoms with Crippen LogP contribution in [0.15, 0.2) is 64.4 Å². The summed E-state index contributed by atoms with van der Waals surface area (Å²) in [5.74, 6) is 0.211. The fourth-order valence-corrected chi connectivity index (χ4v) is 3.32. The lowest BCUT2D eigenvalue weighted by Gasteiger charge is -2.17. The van der Waals surface area contributed by atoms with Crippen molar-refractivity contribution < 1.29 is 13.2 Å². The van der Waals surface area contributed by atoms with E-state index in [0.717, 1.165) is 11.2 Å². The Morgan fingerprint density at radius 3 is 2.41 bits per heavy atom. The third-order valence-corrected chi connectivity index (χ3v) is 5.22. The Labute approximate surface area is 135 Å². The van der Waals surface area contributed by atoms with Crippen molar-refractivity contribution >= 4 is 33.2 Å². The van der Waals surface area contributed by atoms with Crippen molar-refractivity contribution in [1.82, 2.24) is 0 Å². The first-order chi connectivity index (χ1) is 10.4. The quantitative estimate of drug-likeness (QED) is 0.789. The van der Waals surface area contributed by atoms with Crippen molar-refractivity contribution in [3.05, 3.63) is 54.6 Å². The largest absolute Gasteiger partial charge is 0.315 e. The second-order valence-electron chi connectivity index (χ2n) is 4.82. The van der Waals surface area contributed by atoms with Gasteiger partial charge in [-0.3, -0.25) is 4.79 Å². The Kier molecular flexibility index (Phi) is 5.26. The van der Waals surface area contributed by atoms with Crippen LogP contribution in [0.25, 0.3) is 0 Å². The topological polar surface area (TPSA) is 54.5 Å². The maximum atomic E-state index is 12.2. The molecule has 2 aromatic rings. The van der Waals surface area contributed by atoms with Crippen LogP contribution < -0.4 is 4.90 Å². The van der Waals surface area contributed by atoms with Gasteiger partial charge in [0.05, 0.1) is 10.6 Å². The summed E-state index contributed by atoms with van der Waals surface area (Å²) in [5, 5.41) is 0. The van der Waals surface area contributed by atoms with Gasteiger partial charge in [0.1, 0.15) is 0 Å². The molecule has 0 radical (unpaired) electrons. The van der Waals surface area contributed by atoms with Crippen molar-refractivity contribution in [2.45, 2.75) is 9.79 Å². The lowest BCUT2D eigenvalue weighted by atomic mass is 10.3. The first kappa shape index (κ1) is 16.6. The predicted octanol–water partition coefficient (Wildman–Crippen LogP) is 2.85. The molecule has 0 aliphatic rings. The summed E-state index contributed by atoms with van der Waals surface area (Å²) in [6.07, 6.45) is 1.15. The molecule has 0 saturated heterocycles. The lowest BCUT2D eigenvalue weighted by molar-refractivity contribution is -0.115. The van der Waals surface area contributed by atoms with Gasteiger partial charge in [-0.25, -0.2) is 8.42 Å². The van der Waals surface area contributed by atoms with Gasteiger partial charge in [0.15, 0.2) is 9.84 Å². The summed E-state index contributed by atoms with van der Waals surface area (Å²) in [6, 6.07) is 16.1. The Morgan fingerprint density at radius 2 is 1.77 bits per heavy atom. The van der Waals surface area contributed by atoms with Crippen LogP contribution in [-0.4, -0.2) is 33.4 Å². The molecule has 0 aliphatic carbocycles. The number of carbonyl (C=O) groups is 1. The molecule has 4 nitrogen and oxygen atoms in total. The zero-order valence-corrected chi connectivity index (χ0v) is 14.0. The van der Waals surface area contributed by atoms with Crippen LogP contribution in [0.5, 0.6) is 0 Å². The molecule has 0 N–H and O–H groups in total. The van der Waals surface area contributed by atoms with E-state index in [2.05, 4.69) is 0 Å². The second kappa shape index (κ2) is 6.98. The van der Waals surface area contributed by atoms with E-state index in [0.29, 0.717) is 11.4 Å². The highest BCUT2D eigenvalue weighted by molar-refractivity contribution is 8.00. The zero-order chi connectivity index (χ0) is 16.2. The summed E-state index contributed by atoms with van der Waals surface area (Å²) >= 11 is 1.45. The number of rotatable bonds is 5. The molecule has 1 amide bonds. The third-order valence-electron chi connectivity index (χ3n) is 3.11. The number of hydrogen-bond acceptors (Lipinski definition) is 4. The molecule has 2 aromatic carbocycles. The molecular weight excluding hydrogens is 318 g/mol. The molecular formula is C16H17NO3S2. The molecule has 0 atom stereocenters. The van der Waals surface area contributed by atoms with Gasteiger partial charge in [-0.05, 0) is 30.3 Å². The minimum Gasteiger partial charge on any atom is -0.315 e. The van der Waals surface area contributed by atoms with Gasteiger partial charge in [-0.1, -0.05) is 24.3 Å². The molecule has 0 unspecified atom stereocenters. The zero-order valence-electron chi connectivity index (χ0n) is 12.4. The number of nitrogens with zero attached hydrogens (tertiary/aromatic N) is 1. The van der Waals surface area contributed by atoms with Crippen molar-refractivity contribution in [3.63, 3.8) is 0 Å². The number of sulfone groups is 1. The Balaban J connectivity index is 2.07. The molecule has 6 heteroatoms. The standard InChI is InChI=1S/C16H17NO3S2/c1-17(13-7-6-10-15(11-13)22(2,19)20)16(18)12-21-14-8-4-3-5-9-14/h3-11H,12H2,1-2H3. The van der Waals surface area contributed by atoms with E-state index in [1.54, 1.807) is 19.2 Å². The Morgan fingerprint density at radius 1 is 1.09 bits per heavy atom. The van der Waals surface area contributed by atoms with Crippen LogP contribution in [0.4, 0.5) is 5.69 Å². The van der Waals surface area contributed by atoms with Crippen molar-refractivity contribution in [1.29, 1.82) is 0 Å². The van der Waals surface area contributed by atoms with Crippen LogP contribution in [0, 0.1) is 0 Å². The van der Waals surface area contributed by atoms with Crippen molar-refractivity contribution in [2.75, 3.05) is 24.0 Å². The smallest absolute Gasteiger partial charge is 0.237 e. The number of thioether (sulfide) groups is 1. The van der Waals surface area contributed by atoms with Gasteiger partial charge >= 0.3 is 0 Å². The van der Waals surface area contributed by atoms with Crippen molar-refractivity contribution in [3.8, 4) is 0 Å². The monoisotopic (exact) mass is 335 g/mol. The predicted molar refractivity (Wildman–Crippen MR) is 90.1 cm³/mol. The van der Waals surface area contributed by atoms with Crippen LogP contribution in [0.2, 0.25) is 0 Å². The SMILES string of the molecule is CN(C(=O)CSc1ccccc1)c1cccc(S(C)(=O)=O)c1. The van der Waals surface area contributed by atoms with Crippen molar-refractivity contribution in [2.24, 2.45) is 0 Å². The number of hydrogen-bond donors (Lipinski definition) is 0. The molecule has 116 valence electrons. The molecule has 2 rings (SSSR count). The molecule has 0 fully saturated rings. The second-order valence-corrected chi connectivity index (χ2v) is 7.89. The Bertz CT molecular complexity index is 758. The first-order valence-corrected chi connectivity index (χ1v) is 9.50. The summed E-state index contributed by atoms with van der Waals surface area (Å²) < 4.78 is 23.2. The van der Waals surface area contributed by atoms with Gasteiger partial charge in [0.2, 0.25) is 5.91 Å². The van der Waals surface area contributed by atoms with E-state index in [4.69, 9.17) is 0 Å². The highest BCUT2D eigenvalue weighted by Gasteiger charge is 2.14. The minimum atomic E-state index is -3.28. The van der Waals surface area contributed by atoms with Crippen LogP contribution in [0.3, 0.4) is 0 Å². The van der Waals surface area contributed by atoms with E-state index in [1.807, 2.05) is 30.3 Å². The summed E-state index contributed by atoms with van der Waals surface area (Å²) in [7, 11) is -1.63. The molecule has 0 spiro atoms. The molecule has 0 aliphatic heterocycles. The number of anilines is 1. The first-order valence-electron chi connectivity index (χ1n) is 6.62. The normalized spacial score (nSPS) is 11.2. The highest BCUT2D eigenvalue weighted by atomic mass is 32.2. The summed E-state index contributed by atoms with van der Waals surface area (Å²) in [5.41, 5.74) is 0.571. The summed E-state index contributed by atoms with van der Waals surface area (Å²) in [4.78, 5) is 14.9. The van der Waals surface area contributed by atoms with Crippen LogP contribution >= 0.6 is 11.8 Å². The van der Waals surface area contributed by atoms with Crippen LogP contribution in [0.1, 0.15) is 0 Å². The summed E-state index contributed by atoms with van der Waals surface area (Å²) in [6.45, 7) is 0. The third kappa shape index (κ3) is 4.35. The van der Waals surface area contributed by atoms with Gasteiger partial charge < -0.3 is 4.90 Å². The molecule has 0 aromatic heterocycles. The van der Waals surface area contributed by atoms with Gasteiger partial charge in [-0.2, -0.15) is 0 Å². The molecule has 0 heterocycles.